The molecule has 0 radical (unpaired) electrons. The van der Waals surface area contributed by atoms with E-state index in [4.69, 9.17) is 0 Å². The highest BCUT2D eigenvalue weighted by molar-refractivity contribution is 5.78. The van der Waals surface area contributed by atoms with E-state index < -0.39 is 0 Å². The first-order valence-corrected chi connectivity index (χ1v) is 6.65. The molecular formula is C14H17N3O2. The first kappa shape index (κ1) is 12.2. The quantitative estimate of drug-likeness (QED) is 0.851. The fourth-order valence-electron chi connectivity index (χ4n) is 2.59. The molecule has 1 aromatic heterocycles. The summed E-state index contributed by atoms with van der Waals surface area (Å²) < 4.78 is 1.66. The number of phenolic OH excluding ortho intramolecular Hbond substituents is 1. The summed E-state index contributed by atoms with van der Waals surface area (Å²) in [5.74, 6) is 0.131. The molecular weight excluding hydrogens is 242 g/mol. The molecule has 0 amide bonds. The summed E-state index contributed by atoms with van der Waals surface area (Å²) in [5.41, 5.74) is 0.496. The molecule has 2 aromatic rings. The Balaban J connectivity index is 1.93. The lowest BCUT2D eigenvalue weighted by molar-refractivity contribution is 0.359. The normalized spacial score (nSPS) is 19.7. The molecule has 1 saturated heterocycles. The lowest BCUT2D eigenvalue weighted by atomic mass is 10.1. The van der Waals surface area contributed by atoms with Crippen LogP contribution in [0.3, 0.4) is 0 Å². The summed E-state index contributed by atoms with van der Waals surface area (Å²) in [7, 11) is 0. The number of hydrogen-bond donors (Lipinski definition) is 2. The summed E-state index contributed by atoms with van der Waals surface area (Å²) >= 11 is 0. The standard InChI is InChI=1S/C14H17N3O2/c18-11-4-5-12-13(7-11)16-9-17(14(12)19)8-10-3-1-2-6-15-10/h4-5,7,9-10,15,18H,1-3,6,8H2. The minimum absolute atomic E-state index is 0.0441. The van der Waals surface area contributed by atoms with E-state index in [9.17, 15) is 9.90 Å². The van der Waals surface area contributed by atoms with E-state index >= 15 is 0 Å². The molecule has 0 bridgehead atoms. The highest BCUT2D eigenvalue weighted by Crippen LogP contribution is 2.15. The van der Waals surface area contributed by atoms with Crippen molar-refractivity contribution in [3.63, 3.8) is 0 Å². The van der Waals surface area contributed by atoms with E-state index in [2.05, 4.69) is 10.3 Å². The van der Waals surface area contributed by atoms with Crippen LogP contribution in [-0.4, -0.2) is 27.2 Å². The minimum Gasteiger partial charge on any atom is -0.508 e. The van der Waals surface area contributed by atoms with Crippen LogP contribution in [0, 0.1) is 0 Å². The van der Waals surface area contributed by atoms with Gasteiger partial charge in [-0.3, -0.25) is 9.36 Å². The molecule has 19 heavy (non-hydrogen) atoms. The third-order valence-corrected chi connectivity index (χ3v) is 3.64. The van der Waals surface area contributed by atoms with Crippen LogP contribution in [0.15, 0.2) is 29.3 Å². The largest absolute Gasteiger partial charge is 0.508 e. The lowest BCUT2D eigenvalue weighted by Gasteiger charge is -2.23. The average molecular weight is 259 g/mol. The number of nitrogens with one attached hydrogen (secondary N) is 1. The number of rotatable bonds is 2. The molecule has 1 atom stereocenters. The van der Waals surface area contributed by atoms with E-state index in [-0.39, 0.29) is 11.3 Å². The number of nitrogens with zero attached hydrogens (tertiary/aromatic N) is 2. The van der Waals surface area contributed by atoms with E-state index in [0.717, 1.165) is 13.0 Å². The summed E-state index contributed by atoms with van der Waals surface area (Å²) in [4.78, 5) is 16.6. The maximum atomic E-state index is 12.3. The van der Waals surface area contributed by atoms with Gasteiger partial charge in [0.1, 0.15) is 5.75 Å². The van der Waals surface area contributed by atoms with Crippen LogP contribution in [0.25, 0.3) is 10.9 Å². The van der Waals surface area contributed by atoms with Crippen LogP contribution >= 0.6 is 0 Å². The Kier molecular flexibility index (Phi) is 3.21. The highest BCUT2D eigenvalue weighted by Gasteiger charge is 2.14. The number of hydrogen-bond acceptors (Lipinski definition) is 4. The smallest absolute Gasteiger partial charge is 0.261 e. The predicted molar refractivity (Wildman–Crippen MR) is 73.3 cm³/mol. The monoisotopic (exact) mass is 259 g/mol. The maximum absolute atomic E-state index is 12.3. The lowest BCUT2D eigenvalue weighted by Crippen LogP contribution is -2.39. The molecule has 3 rings (SSSR count). The molecule has 1 aliphatic heterocycles. The Bertz CT molecular complexity index is 645. The van der Waals surface area contributed by atoms with Gasteiger partial charge in [0.15, 0.2) is 0 Å². The third-order valence-electron chi connectivity index (χ3n) is 3.64. The number of aromatic nitrogens is 2. The second-order valence-electron chi connectivity index (χ2n) is 5.05. The van der Waals surface area contributed by atoms with Crippen molar-refractivity contribution in [3.8, 4) is 5.75 Å². The van der Waals surface area contributed by atoms with E-state index in [1.807, 2.05) is 0 Å². The Hall–Kier alpha value is -1.88. The topological polar surface area (TPSA) is 67.1 Å². The van der Waals surface area contributed by atoms with Gasteiger partial charge in [0.2, 0.25) is 0 Å². The van der Waals surface area contributed by atoms with Crippen molar-refractivity contribution >= 4 is 10.9 Å². The Morgan fingerprint density at radius 1 is 1.42 bits per heavy atom. The molecule has 2 heterocycles. The van der Waals surface area contributed by atoms with Crippen molar-refractivity contribution in [1.29, 1.82) is 0 Å². The Morgan fingerprint density at radius 3 is 3.11 bits per heavy atom. The fourth-order valence-corrected chi connectivity index (χ4v) is 2.59. The van der Waals surface area contributed by atoms with Crippen molar-refractivity contribution < 1.29 is 5.11 Å². The number of piperidine rings is 1. The van der Waals surface area contributed by atoms with Crippen LogP contribution in [-0.2, 0) is 6.54 Å². The molecule has 100 valence electrons. The van der Waals surface area contributed by atoms with Gasteiger partial charge in [-0.15, -0.1) is 0 Å². The molecule has 0 spiro atoms. The molecule has 1 aliphatic rings. The molecule has 1 fully saturated rings. The maximum Gasteiger partial charge on any atom is 0.261 e. The van der Waals surface area contributed by atoms with Crippen molar-refractivity contribution in [2.75, 3.05) is 6.54 Å². The number of benzene rings is 1. The van der Waals surface area contributed by atoms with Crippen LogP contribution in [0.5, 0.6) is 5.75 Å². The minimum atomic E-state index is -0.0441. The van der Waals surface area contributed by atoms with Crippen molar-refractivity contribution in [2.24, 2.45) is 0 Å². The van der Waals surface area contributed by atoms with Gasteiger partial charge in [-0.25, -0.2) is 4.98 Å². The van der Waals surface area contributed by atoms with Gasteiger partial charge in [0.05, 0.1) is 17.2 Å². The molecule has 5 heteroatoms. The van der Waals surface area contributed by atoms with E-state index in [1.54, 1.807) is 17.0 Å². The zero-order chi connectivity index (χ0) is 13.2. The van der Waals surface area contributed by atoms with Gasteiger partial charge in [-0.2, -0.15) is 0 Å². The third kappa shape index (κ3) is 2.46. The van der Waals surface area contributed by atoms with Crippen molar-refractivity contribution in [1.82, 2.24) is 14.9 Å². The zero-order valence-corrected chi connectivity index (χ0v) is 10.7. The first-order valence-electron chi connectivity index (χ1n) is 6.65. The molecule has 1 unspecified atom stereocenters. The predicted octanol–water partition coefficient (Wildman–Crippen LogP) is 1.24. The van der Waals surface area contributed by atoms with Crippen LogP contribution in [0.2, 0.25) is 0 Å². The highest BCUT2D eigenvalue weighted by atomic mass is 16.3. The Labute approximate surface area is 110 Å². The van der Waals surface area contributed by atoms with E-state index in [0.29, 0.717) is 23.5 Å². The van der Waals surface area contributed by atoms with Crippen molar-refractivity contribution in [3.05, 3.63) is 34.9 Å². The van der Waals surface area contributed by atoms with Crippen LogP contribution in [0.4, 0.5) is 0 Å². The summed E-state index contributed by atoms with van der Waals surface area (Å²) in [5, 5.41) is 13.4. The zero-order valence-electron chi connectivity index (χ0n) is 10.7. The SMILES string of the molecule is O=c1c2ccc(O)cc2ncn1CC1CCCCN1. The first-order chi connectivity index (χ1) is 9.24. The number of fused-ring (bicyclic) bond motifs is 1. The van der Waals surface area contributed by atoms with Gasteiger partial charge in [0, 0.05) is 18.7 Å². The average Bonchev–Trinajstić information content (AvgIpc) is 2.43. The summed E-state index contributed by atoms with van der Waals surface area (Å²) in [6, 6.07) is 5.02. The molecule has 0 saturated carbocycles. The molecule has 2 N–H and O–H groups in total. The molecule has 0 aliphatic carbocycles. The van der Waals surface area contributed by atoms with Gasteiger partial charge in [-0.1, -0.05) is 6.42 Å². The summed E-state index contributed by atoms with van der Waals surface area (Å²) in [6.07, 6.45) is 5.09. The molecule has 1 aromatic carbocycles. The summed E-state index contributed by atoms with van der Waals surface area (Å²) in [6.45, 7) is 1.68. The number of phenols is 1. The van der Waals surface area contributed by atoms with Gasteiger partial charge >= 0.3 is 0 Å². The molecule has 5 nitrogen and oxygen atoms in total. The van der Waals surface area contributed by atoms with Crippen LogP contribution < -0.4 is 10.9 Å². The van der Waals surface area contributed by atoms with E-state index in [1.165, 1.54) is 25.0 Å². The van der Waals surface area contributed by atoms with Gasteiger partial charge < -0.3 is 10.4 Å². The van der Waals surface area contributed by atoms with Gasteiger partial charge in [-0.05, 0) is 31.5 Å². The van der Waals surface area contributed by atoms with Crippen molar-refractivity contribution in [2.45, 2.75) is 31.8 Å². The van der Waals surface area contributed by atoms with Gasteiger partial charge in [0.25, 0.3) is 5.56 Å². The fraction of sp³-hybridized carbons (Fsp3) is 0.429. The number of aromatic hydroxyl groups is 1. The second-order valence-corrected chi connectivity index (χ2v) is 5.05. The second kappa shape index (κ2) is 5.01. The Morgan fingerprint density at radius 2 is 2.32 bits per heavy atom. The van der Waals surface area contributed by atoms with Crippen LogP contribution in [0.1, 0.15) is 19.3 Å².